The molecule has 0 radical (unpaired) electrons. The molecule has 2 N–H and O–H groups in total. The van der Waals surface area contributed by atoms with Crippen LogP contribution in [0.2, 0.25) is 0 Å². The molecule has 0 aliphatic rings. The molecule has 0 aromatic heterocycles. The van der Waals surface area contributed by atoms with Gasteiger partial charge in [-0.2, -0.15) is 11.8 Å². The third-order valence-electron chi connectivity index (χ3n) is 2.86. The van der Waals surface area contributed by atoms with Gasteiger partial charge in [-0.25, -0.2) is 0 Å². The summed E-state index contributed by atoms with van der Waals surface area (Å²) in [5.74, 6) is 1.54. The quantitative estimate of drug-likeness (QED) is 0.566. The average molecular weight is 411 g/mol. The molecule has 0 amide bonds. The molecule has 0 heterocycles. The molecular weight excluding hydrogens is 390 g/mol. The third kappa shape index (κ3) is 7.02. The van der Waals surface area contributed by atoms with Crippen LogP contribution < -0.4 is 5.32 Å². The highest BCUT2D eigenvalue weighted by atomic mass is 79.9. The van der Waals surface area contributed by atoms with Crippen molar-refractivity contribution in [2.24, 2.45) is 0 Å². The fourth-order valence-corrected chi connectivity index (χ4v) is 3.58. The van der Waals surface area contributed by atoms with Crippen molar-refractivity contribution in [1.82, 2.24) is 5.32 Å². The number of phenolic OH excluding ortho intramolecular Hbond substituents is 1. The van der Waals surface area contributed by atoms with Gasteiger partial charge in [0.05, 0.1) is 8.95 Å². The highest BCUT2D eigenvalue weighted by Gasteiger charge is 2.05. The van der Waals surface area contributed by atoms with Gasteiger partial charge in [-0.15, -0.1) is 0 Å². The van der Waals surface area contributed by atoms with Gasteiger partial charge in [0.2, 0.25) is 0 Å². The first-order valence-electron chi connectivity index (χ1n) is 6.51. The molecule has 0 saturated heterocycles. The molecule has 19 heavy (non-hydrogen) atoms. The molecule has 5 heteroatoms. The maximum atomic E-state index is 9.63. The molecule has 0 saturated carbocycles. The van der Waals surface area contributed by atoms with Crippen molar-refractivity contribution in [3.63, 3.8) is 0 Å². The van der Waals surface area contributed by atoms with Crippen molar-refractivity contribution in [2.45, 2.75) is 32.2 Å². The second kappa shape index (κ2) is 10.1. The predicted octanol–water partition coefficient (Wildman–Crippen LogP) is 4.93. The summed E-state index contributed by atoms with van der Waals surface area (Å²) in [5.41, 5.74) is 1.17. The third-order valence-corrected chi connectivity index (χ3v) is 4.76. The van der Waals surface area contributed by atoms with Crippen molar-refractivity contribution in [3.8, 4) is 5.75 Å². The van der Waals surface area contributed by atoms with Crippen LogP contribution in [0.5, 0.6) is 5.75 Å². The standard InChI is InChI=1S/C14H21Br2NOS/c1-19-7-5-3-2-4-6-17-10-11-8-12(15)14(18)13(16)9-11/h8-9,17-18H,2-7,10H2,1H3. The molecule has 108 valence electrons. The number of thioether (sulfide) groups is 1. The van der Waals surface area contributed by atoms with Crippen LogP contribution in [0, 0.1) is 0 Å². The zero-order chi connectivity index (χ0) is 14.1. The molecule has 0 unspecified atom stereocenters. The predicted molar refractivity (Wildman–Crippen MR) is 92.1 cm³/mol. The first kappa shape index (κ1) is 17.3. The van der Waals surface area contributed by atoms with Crippen LogP contribution in [-0.4, -0.2) is 23.7 Å². The van der Waals surface area contributed by atoms with Gasteiger partial charge in [0.1, 0.15) is 5.75 Å². The van der Waals surface area contributed by atoms with Crippen molar-refractivity contribution < 1.29 is 5.11 Å². The summed E-state index contributed by atoms with van der Waals surface area (Å²) >= 11 is 8.62. The molecule has 0 atom stereocenters. The first-order valence-corrected chi connectivity index (χ1v) is 9.49. The molecule has 1 aromatic carbocycles. The second-order valence-corrected chi connectivity index (χ2v) is 7.19. The van der Waals surface area contributed by atoms with Gasteiger partial charge in [-0.1, -0.05) is 12.8 Å². The number of halogens is 2. The Labute approximate surface area is 137 Å². The smallest absolute Gasteiger partial charge is 0.143 e. The summed E-state index contributed by atoms with van der Waals surface area (Å²) in [6, 6.07) is 3.90. The lowest BCUT2D eigenvalue weighted by Crippen LogP contribution is -2.14. The van der Waals surface area contributed by atoms with Gasteiger partial charge >= 0.3 is 0 Å². The molecule has 0 aliphatic carbocycles. The van der Waals surface area contributed by atoms with Crippen LogP contribution in [0.15, 0.2) is 21.1 Å². The van der Waals surface area contributed by atoms with Gasteiger partial charge in [0.25, 0.3) is 0 Å². The summed E-state index contributed by atoms with van der Waals surface area (Å²) in [4.78, 5) is 0. The van der Waals surface area contributed by atoms with E-state index in [2.05, 4.69) is 43.4 Å². The first-order chi connectivity index (χ1) is 9.15. The fraction of sp³-hybridized carbons (Fsp3) is 0.571. The molecule has 1 rings (SSSR count). The van der Waals surface area contributed by atoms with Crippen LogP contribution in [-0.2, 0) is 6.54 Å². The van der Waals surface area contributed by atoms with Crippen molar-refractivity contribution in [1.29, 1.82) is 0 Å². The van der Waals surface area contributed by atoms with Crippen LogP contribution in [0.3, 0.4) is 0 Å². The minimum Gasteiger partial charge on any atom is -0.506 e. The summed E-state index contributed by atoms with van der Waals surface area (Å²) in [7, 11) is 0. The lowest BCUT2D eigenvalue weighted by molar-refractivity contribution is 0.468. The van der Waals surface area contributed by atoms with E-state index in [1.807, 2.05) is 23.9 Å². The van der Waals surface area contributed by atoms with Crippen molar-refractivity contribution in [2.75, 3.05) is 18.6 Å². The average Bonchev–Trinajstić information content (AvgIpc) is 2.39. The SMILES string of the molecule is CSCCCCCCNCc1cc(Br)c(O)c(Br)c1. The highest BCUT2D eigenvalue weighted by Crippen LogP contribution is 2.33. The zero-order valence-electron chi connectivity index (χ0n) is 11.2. The van der Waals surface area contributed by atoms with Crippen LogP contribution in [0.4, 0.5) is 0 Å². The minimum absolute atomic E-state index is 0.262. The van der Waals surface area contributed by atoms with E-state index in [0.717, 1.165) is 22.0 Å². The van der Waals surface area contributed by atoms with E-state index in [0.29, 0.717) is 0 Å². The molecule has 1 aromatic rings. The molecule has 0 spiro atoms. The Hall–Kier alpha value is 0.290. The topological polar surface area (TPSA) is 32.3 Å². The van der Waals surface area contributed by atoms with E-state index in [9.17, 15) is 5.11 Å². The Balaban J connectivity index is 2.16. The highest BCUT2D eigenvalue weighted by molar-refractivity contribution is 9.11. The molecule has 2 nitrogen and oxygen atoms in total. The van der Waals surface area contributed by atoms with Crippen LogP contribution >= 0.6 is 43.6 Å². The Morgan fingerprint density at radius 3 is 2.37 bits per heavy atom. The number of aromatic hydroxyl groups is 1. The second-order valence-electron chi connectivity index (χ2n) is 4.49. The van der Waals surface area contributed by atoms with Gasteiger partial charge in [0.15, 0.2) is 0 Å². The van der Waals surface area contributed by atoms with Gasteiger partial charge in [0, 0.05) is 6.54 Å². The maximum absolute atomic E-state index is 9.63. The van der Waals surface area contributed by atoms with Crippen LogP contribution in [0.1, 0.15) is 31.2 Å². The number of rotatable bonds is 9. The van der Waals surface area contributed by atoms with E-state index in [4.69, 9.17) is 0 Å². The number of hydrogen-bond acceptors (Lipinski definition) is 3. The van der Waals surface area contributed by atoms with E-state index in [-0.39, 0.29) is 5.75 Å². The summed E-state index contributed by atoms with van der Waals surface area (Å²) in [6.45, 7) is 1.89. The monoisotopic (exact) mass is 409 g/mol. The van der Waals surface area contributed by atoms with Crippen LogP contribution in [0.25, 0.3) is 0 Å². The Bertz CT molecular complexity index is 365. The van der Waals surface area contributed by atoms with Crippen molar-refractivity contribution in [3.05, 3.63) is 26.6 Å². The van der Waals surface area contributed by atoms with Crippen molar-refractivity contribution >= 4 is 43.6 Å². The normalized spacial score (nSPS) is 10.9. The van der Waals surface area contributed by atoms with E-state index in [1.165, 1.54) is 37.0 Å². The Morgan fingerprint density at radius 1 is 1.11 bits per heavy atom. The number of nitrogens with one attached hydrogen (secondary N) is 1. The minimum atomic E-state index is 0.262. The number of unbranched alkanes of at least 4 members (excludes halogenated alkanes) is 3. The summed E-state index contributed by atoms with van der Waals surface area (Å²) < 4.78 is 1.46. The number of hydrogen-bond donors (Lipinski definition) is 2. The summed E-state index contributed by atoms with van der Waals surface area (Å²) in [5, 5.41) is 13.1. The fourth-order valence-electron chi connectivity index (χ4n) is 1.80. The number of phenols is 1. The van der Waals surface area contributed by atoms with E-state index in [1.54, 1.807) is 0 Å². The lowest BCUT2D eigenvalue weighted by Gasteiger charge is -2.08. The summed E-state index contributed by atoms with van der Waals surface area (Å²) in [6.07, 6.45) is 7.36. The zero-order valence-corrected chi connectivity index (χ0v) is 15.2. The van der Waals surface area contributed by atoms with Gasteiger partial charge in [-0.05, 0) is 81.0 Å². The maximum Gasteiger partial charge on any atom is 0.143 e. The molecule has 0 aliphatic heterocycles. The molecule has 0 fully saturated rings. The largest absolute Gasteiger partial charge is 0.506 e. The Kier molecular flexibility index (Phi) is 9.20. The van der Waals surface area contributed by atoms with E-state index < -0.39 is 0 Å². The Morgan fingerprint density at radius 2 is 1.74 bits per heavy atom. The molecule has 0 bridgehead atoms. The van der Waals surface area contributed by atoms with Gasteiger partial charge in [-0.3, -0.25) is 0 Å². The molecular formula is C14H21Br2NOS. The van der Waals surface area contributed by atoms with E-state index >= 15 is 0 Å². The lowest BCUT2D eigenvalue weighted by atomic mass is 10.2. The number of benzene rings is 1. The van der Waals surface area contributed by atoms with Gasteiger partial charge < -0.3 is 10.4 Å².